The minimum Gasteiger partial charge on any atom is -0.354 e. The number of hydrogen-bond donors (Lipinski definition) is 0. The molecule has 2 heterocycles. The molecule has 0 radical (unpaired) electrons. The molecular formula is C26H26F2N4. The maximum atomic E-state index is 15.0. The van der Waals surface area contributed by atoms with Crippen molar-refractivity contribution in [3.05, 3.63) is 82.7 Å². The predicted molar refractivity (Wildman–Crippen MR) is 121 cm³/mol. The third kappa shape index (κ3) is 3.57. The van der Waals surface area contributed by atoms with Gasteiger partial charge in [-0.3, -0.25) is 9.58 Å². The Balaban J connectivity index is 1.40. The summed E-state index contributed by atoms with van der Waals surface area (Å²) in [4.78, 5) is 4.03. The van der Waals surface area contributed by atoms with Crippen LogP contribution in [0.25, 0.3) is 0 Å². The molecule has 32 heavy (non-hydrogen) atoms. The monoisotopic (exact) mass is 432 g/mol. The molecule has 0 amide bonds. The average molecular weight is 433 g/mol. The molecular weight excluding hydrogens is 406 g/mol. The number of halogens is 2. The van der Waals surface area contributed by atoms with Crippen LogP contribution in [-0.4, -0.2) is 34.9 Å². The Kier molecular flexibility index (Phi) is 5.22. The van der Waals surface area contributed by atoms with Crippen LogP contribution in [0.1, 0.15) is 41.6 Å². The topological polar surface area (TPSA) is 24.3 Å². The number of aryl methyl sites for hydroxylation is 2. The van der Waals surface area contributed by atoms with Gasteiger partial charge in [-0.2, -0.15) is 5.10 Å². The molecule has 6 heteroatoms. The van der Waals surface area contributed by atoms with Crippen molar-refractivity contribution in [1.82, 2.24) is 14.7 Å². The van der Waals surface area contributed by atoms with Gasteiger partial charge < -0.3 is 4.90 Å². The Hall–Kier alpha value is -3.17. The Morgan fingerprint density at radius 2 is 1.69 bits per heavy atom. The number of hydrogen-bond acceptors (Lipinski definition) is 3. The van der Waals surface area contributed by atoms with Crippen molar-refractivity contribution in [3.8, 4) is 11.8 Å². The number of fused-ring (bicyclic) bond motifs is 2. The predicted octanol–water partition coefficient (Wildman–Crippen LogP) is 4.43. The Bertz CT molecular complexity index is 1180. The molecule has 0 saturated carbocycles. The summed E-state index contributed by atoms with van der Waals surface area (Å²) in [7, 11) is 4.00. The van der Waals surface area contributed by atoms with E-state index < -0.39 is 11.6 Å². The third-order valence-corrected chi connectivity index (χ3v) is 6.78. The molecule has 2 aliphatic rings. The highest BCUT2D eigenvalue weighted by atomic mass is 19.1. The summed E-state index contributed by atoms with van der Waals surface area (Å²) in [5.74, 6) is 4.69. The summed E-state index contributed by atoms with van der Waals surface area (Å²) in [6, 6.07) is 12.1. The zero-order chi connectivity index (χ0) is 22.3. The molecule has 1 aromatic heterocycles. The first-order valence-corrected chi connectivity index (χ1v) is 11.0. The molecule has 1 saturated heterocycles. The fourth-order valence-corrected chi connectivity index (χ4v) is 5.21. The largest absolute Gasteiger partial charge is 0.354 e. The van der Waals surface area contributed by atoms with Crippen molar-refractivity contribution >= 4 is 5.69 Å². The lowest BCUT2D eigenvalue weighted by atomic mass is 9.75. The van der Waals surface area contributed by atoms with Crippen LogP contribution in [0.4, 0.5) is 14.5 Å². The fraction of sp³-hybridized carbons (Fsp3) is 0.346. The molecule has 2 aromatic carbocycles. The molecule has 5 rings (SSSR count). The van der Waals surface area contributed by atoms with Gasteiger partial charge in [0.1, 0.15) is 5.69 Å². The molecule has 1 fully saturated rings. The van der Waals surface area contributed by atoms with Crippen LogP contribution in [0, 0.1) is 23.5 Å². The summed E-state index contributed by atoms with van der Waals surface area (Å²) in [5.41, 5.74) is 3.47. The molecule has 0 unspecified atom stereocenters. The van der Waals surface area contributed by atoms with E-state index in [0.29, 0.717) is 18.8 Å². The number of anilines is 1. The van der Waals surface area contributed by atoms with Crippen molar-refractivity contribution in [2.45, 2.75) is 31.2 Å². The van der Waals surface area contributed by atoms with E-state index in [4.69, 9.17) is 0 Å². The van der Waals surface area contributed by atoms with E-state index in [1.807, 2.05) is 49.1 Å². The first-order valence-electron chi connectivity index (χ1n) is 11.0. The fourth-order valence-electron chi connectivity index (χ4n) is 5.21. The van der Waals surface area contributed by atoms with Crippen LogP contribution in [0.5, 0.6) is 0 Å². The number of benzene rings is 2. The smallest absolute Gasteiger partial charge is 0.150 e. The van der Waals surface area contributed by atoms with Crippen molar-refractivity contribution in [2.24, 2.45) is 7.05 Å². The summed E-state index contributed by atoms with van der Waals surface area (Å²) in [6.45, 7) is 1.04. The maximum absolute atomic E-state index is 15.0. The molecule has 0 N–H and O–H groups in total. The van der Waals surface area contributed by atoms with Gasteiger partial charge in [-0.15, -0.1) is 0 Å². The Labute approximate surface area is 187 Å². The van der Waals surface area contributed by atoms with Gasteiger partial charge >= 0.3 is 0 Å². The van der Waals surface area contributed by atoms with E-state index in [1.54, 1.807) is 4.90 Å². The highest BCUT2D eigenvalue weighted by molar-refractivity contribution is 5.55. The Morgan fingerprint density at radius 3 is 2.41 bits per heavy atom. The van der Waals surface area contributed by atoms with E-state index in [0.717, 1.165) is 36.9 Å². The van der Waals surface area contributed by atoms with Crippen LogP contribution >= 0.6 is 0 Å². The average Bonchev–Trinajstić information content (AvgIpc) is 3.17. The van der Waals surface area contributed by atoms with Gasteiger partial charge in [0.2, 0.25) is 0 Å². The van der Waals surface area contributed by atoms with Gasteiger partial charge in [-0.05, 0) is 57.0 Å². The lowest BCUT2D eigenvalue weighted by molar-refractivity contribution is 0.0626. The van der Waals surface area contributed by atoms with Crippen LogP contribution in [0.15, 0.2) is 48.7 Å². The Morgan fingerprint density at radius 1 is 0.969 bits per heavy atom. The maximum Gasteiger partial charge on any atom is 0.150 e. The minimum atomic E-state index is -0.572. The summed E-state index contributed by atoms with van der Waals surface area (Å²) >= 11 is 0. The van der Waals surface area contributed by atoms with Crippen LogP contribution in [-0.2, 0) is 19.0 Å². The summed E-state index contributed by atoms with van der Waals surface area (Å²) in [5, 5.41) is 4.63. The molecule has 1 aliphatic carbocycles. The van der Waals surface area contributed by atoms with Gasteiger partial charge in [0.25, 0.3) is 0 Å². The lowest BCUT2D eigenvalue weighted by Crippen LogP contribution is -2.56. The van der Waals surface area contributed by atoms with E-state index in [2.05, 4.69) is 28.0 Å². The van der Waals surface area contributed by atoms with E-state index in [9.17, 15) is 0 Å². The normalized spacial score (nSPS) is 20.7. The standard InChI is InChI=1S/C26H26F2N4/c1-30-18-32(14-13-26(30)12-6-9-24-21(26)17-31(2)29-24)25-22(27)15-20(16-23(25)28)11-10-19-7-4-3-5-8-19/h3-5,7-8,15-17H,6,9,12-14,18H2,1-2H3/t26-/m0/s1. The van der Waals surface area contributed by atoms with E-state index >= 15 is 8.78 Å². The van der Waals surface area contributed by atoms with Gasteiger partial charge in [0, 0.05) is 36.5 Å². The highest BCUT2D eigenvalue weighted by Crippen LogP contribution is 2.44. The second-order valence-corrected chi connectivity index (χ2v) is 8.81. The highest BCUT2D eigenvalue weighted by Gasteiger charge is 2.45. The van der Waals surface area contributed by atoms with Crippen LogP contribution < -0.4 is 4.90 Å². The van der Waals surface area contributed by atoms with Gasteiger partial charge in [-0.1, -0.05) is 30.0 Å². The quantitative estimate of drug-likeness (QED) is 0.532. The first kappa shape index (κ1) is 20.7. The van der Waals surface area contributed by atoms with Gasteiger partial charge in [0.15, 0.2) is 11.6 Å². The zero-order valence-corrected chi connectivity index (χ0v) is 18.4. The molecule has 0 bridgehead atoms. The second-order valence-electron chi connectivity index (χ2n) is 8.81. The number of rotatable bonds is 1. The number of aromatic nitrogens is 2. The summed E-state index contributed by atoms with van der Waals surface area (Å²) in [6.07, 6.45) is 6.02. The van der Waals surface area contributed by atoms with Crippen molar-refractivity contribution in [2.75, 3.05) is 25.2 Å². The van der Waals surface area contributed by atoms with Gasteiger partial charge in [-0.25, -0.2) is 8.78 Å². The summed E-state index contributed by atoms with van der Waals surface area (Å²) < 4.78 is 32.0. The second kappa shape index (κ2) is 8.07. The van der Waals surface area contributed by atoms with Crippen molar-refractivity contribution < 1.29 is 8.78 Å². The number of nitrogens with zero attached hydrogens (tertiary/aromatic N) is 4. The SMILES string of the molecule is CN1CN(c2c(F)cc(C#Cc3ccccc3)cc2F)CC[C@]12CCCc1nn(C)cc12. The lowest BCUT2D eigenvalue weighted by Gasteiger charge is -2.51. The van der Waals surface area contributed by atoms with E-state index in [1.165, 1.54) is 17.7 Å². The molecule has 1 atom stereocenters. The molecule has 3 aromatic rings. The molecule has 1 aliphatic heterocycles. The van der Waals surface area contributed by atoms with Crippen LogP contribution in [0.2, 0.25) is 0 Å². The molecule has 1 spiro atoms. The van der Waals surface area contributed by atoms with E-state index in [-0.39, 0.29) is 11.2 Å². The third-order valence-electron chi connectivity index (χ3n) is 6.78. The zero-order valence-electron chi connectivity index (χ0n) is 18.4. The first-order chi connectivity index (χ1) is 15.5. The molecule has 4 nitrogen and oxygen atoms in total. The molecule has 164 valence electrons. The van der Waals surface area contributed by atoms with Crippen LogP contribution in [0.3, 0.4) is 0 Å². The van der Waals surface area contributed by atoms with Crippen molar-refractivity contribution in [3.63, 3.8) is 0 Å². The van der Waals surface area contributed by atoms with Gasteiger partial charge in [0.05, 0.1) is 17.9 Å². The van der Waals surface area contributed by atoms with Crippen molar-refractivity contribution in [1.29, 1.82) is 0 Å². The minimum absolute atomic E-state index is 0.0270.